The lowest BCUT2D eigenvalue weighted by Crippen LogP contribution is -1.97. The minimum atomic E-state index is 0.372. The molecule has 0 fully saturated rings. The van der Waals surface area contributed by atoms with Gasteiger partial charge in [-0.1, -0.05) is 90.9 Å². The summed E-state index contributed by atoms with van der Waals surface area (Å²) in [6.07, 6.45) is 18.8. The number of hydrogen-bond donors (Lipinski definition) is 0. The molecule has 0 aliphatic rings. The van der Waals surface area contributed by atoms with Gasteiger partial charge in [0.2, 0.25) is 0 Å². The van der Waals surface area contributed by atoms with Gasteiger partial charge in [0.1, 0.15) is 0 Å². The quantitative estimate of drug-likeness (QED) is 0.231. The molecular formula is C17H35OP. The SMILES string of the molecule is CCCCCCCCCCCCCC(CCC)P=O. The maximum absolute atomic E-state index is 10.9. The van der Waals surface area contributed by atoms with Gasteiger partial charge >= 0.3 is 0 Å². The standard InChI is InChI=1S/C17H35OP/c1-3-5-6-7-8-9-10-11-12-13-14-16-17(19-18)15-4-2/h17H,3-16H2,1-2H3. The van der Waals surface area contributed by atoms with Crippen molar-refractivity contribution in [1.82, 2.24) is 0 Å². The predicted octanol–water partition coefficient (Wildman–Crippen LogP) is 7.15. The van der Waals surface area contributed by atoms with E-state index in [0.29, 0.717) is 14.1 Å². The Morgan fingerprint density at radius 2 is 1.11 bits per heavy atom. The molecule has 0 heterocycles. The molecule has 0 spiro atoms. The smallest absolute Gasteiger partial charge is 0.158 e. The molecule has 0 N–H and O–H groups in total. The molecule has 0 aromatic rings. The maximum Gasteiger partial charge on any atom is 0.158 e. The Labute approximate surface area is 123 Å². The first-order valence-electron chi connectivity index (χ1n) is 8.67. The molecule has 0 aromatic carbocycles. The van der Waals surface area contributed by atoms with E-state index in [-0.39, 0.29) is 0 Å². The Bertz CT molecular complexity index is 182. The minimum absolute atomic E-state index is 0.372. The Morgan fingerprint density at radius 1 is 0.632 bits per heavy atom. The molecule has 1 nitrogen and oxygen atoms in total. The summed E-state index contributed by atoms with van der Waals surface area (Å²) in [5.41, 5.74) is 0.434. The van der Waals surface area contributed by atoms with E-state index in [9.17, 15) is 4.57 Å². The van der Waals surface area contributed by atoms with Crippen LogP contribution in [0.1, 0.15) is 104 Å². The number of unbranched alkanes of at least 4 members (excludes halogenated alkanes) is 10. The zero-order chi connectivity index (χ0) is 14.2. The summed E-state index contributed by atoms with van der Waals surface area (Å²) in [6.45, 7) is 4.45. The van der Waals surface area contributed by atoms with Crippen LogP contribution in [0.3, 0.4) is 0 Å². The van der Waals surface area contributed by atoms with E-state index >= 15 is 0 Å². The predicted molar refractivity (Wildman–Crippen MR) is 87.4 cm³/mol. The lowest BCUT2D eigenvalue weighted by atomic mass is 10.0. The van der Waals surface area contributed by atoms with Crippen LogP contribution in [0.25, 0.3) is 0 Å². The van der Waals surface area contributed by atoms with Gasteiger partial charge in [-0.2, -0.15) is 0 Å². The lowest BCUT2D eigenvalue weighted by molar-refractivity contribution is 0.530. The zero-order valence-corrected chi connectivity index (χ0v) is 14.2. The third-order valence-corrected chi connectivity index (χ3v) is 4.73. The van der Waals surface area contributed by atoms with E-state index in [1.54, 1.807) is 0 Å². The van der Waals surface area contributed by atoms with E-state index in [1.807, 2.05) is 0 Å². The first-order valence-corrected chi connectivity index (χ1v) is 9.55. The van der Waals surface area contributed by atoms with Crippen LogP contribution in [-0.4, -0.2) is 5.66 Å². The largest absolute Gasteiger partial charge is 0.275 e. The molecule has 0 radical (unpaired) electrons. The van der Waals surface area contributed by atoms with Crippen LogP contribution in [-0.2, 0) is 4.57 Å². The highest BCUT2D eigenvalue weighted by molar-refractivity contribution is 7.24. The number of rotatable bonds is 15. The van der Waals surface area contributed by atoms with Crippen LogP contribution >= 0.6 is 8.46 Å². The summed E-state index contributed by atoms with van der Waals surface area (Å²) in [6, 6.07) is 0. The molecule has 0 aliphatic heterocycles. The highest BCUT2D eigenvalue weighted by Crippen LogP contribution is 2.20. The molecule has 0 aliphatic carbocycles. The maximum atomic E-state index is 10.9. The second-order valence-electron chi connectivity index (χ2n) is 5.87. The van der Waals surface area contributed by atoms with Crippen molar-refractivity contribution in [1.29, 1.82) is 0 Å². The molecular weight excluding hydrogens is 251 g/mol. The van der Waals surface area contributed by atoms with Crippen molar-refractivity contribution >= 4 is 8.46 Å². The minimum Gasteiger partial charge on any atom is -0.275 e. The highest BCUT2D eigenvalue weighted by atomic mass is 31.1. The fraction of sp³-hybridized carbons (Fsp3) is 1.00. The van der Waals surface area contributed by atoms with Gasteiger partial charge in [0.05, 0.1) is 0 Å². The van der Waals surface area contributed by atoms with Crippen LogP contribution in [0.15, 0.2) is 0 Å². The van der Waals surface area contributed by atoms with Gasteiger partial charge < -0.3 is 0 Å². The molecule has 0 saturated carbocycles. The molecule has 0 amide bonds. The second-order valence-corrected chi connectivity index (χ2v) is 6.81. The molecule has 0 rings (SSSR count). The van der Waals surface area contributed by atoms with Gasteiger partial charge in [0, 0.05) is 5.66 Å². The summed E-state index contributed by atoms with van der Waals surface area (Å²) >= 11 is 0. The summed E-state index contributed by atoms with van der Waals surface area (Å²) < 4.78 is 10.9. The van der Waals surface area contributed by atoms with Crippen LogP contribution in [0, 0.1) is 0 Å². The average Bonchev–Trinajstić information content (AvgIpc) is 2.43. The highest BCUT2D eigenvalue weighted by Gasteiger charge is 2.06. The Balaban J connectivity index is 3.11. The van der Waals surface area contributed by atoms with Crippen molar-refractivity contribution in [2.45, 2.75) is 109 Å². The van der Waals surface area contributed by atoms with Crippen molar-refractivity contribution in [3.63, 3.8) is 0 Å². The molecule has 0 aromatic heterocycles. The monoisotopic (exact) mass is 286 g/mol. The summed E-state index contributed by atoms with van der Waals surface area (Å²) in [5.74, 6) is 0. The topological polar surface area (TPSA) is 17.1 Å². The summed E-state index contributed by atoms with van der Waals surface area (Å²) in [5, 5.41) is 0. The van der Waals surface area contributed by atoms with E-state index in [4.69, 9.17) is 0 Å². The average molecular weight is 286 g/mol. The summed E-state index contributed by atoms with van der Waals surface area (Å²) in [4.78, 5) is 0. The fourth-order valence-electron chi connectivity index (χ4n) is 2.63. The molecule has 2 heteroatoms. The first-order chi connectivity index (χ1) is 9.35. The third kappa shape index (κ3) is 14.3. The Morgan fingerprint density at radius 3 is 1.53 bits per heavy atom. The zero-order valence-electron chi connectivity index (χ0n) is 13.3. The van der Waals surface area contributed by atoms with Gasteiger partial charge in [-0.3, -0.25) is 4.57 Å². The van der Waals surface area contributed by atoms with Crippen LogP contribution in [0.5, 0.6) is 0 Å². The van der Waals surface area contributed by atoms with Gasteiger partial charge in [0.15, 0.2) is 8.46 Å². The van der Waals surface area contributed by atoms with Crippen LogP contribution < -0.4 is 0 Å². The van der Waals surface area contributed by atoms with Crippen LogP contribution in [0.2, 0.25) is 0 Å². The molecule has 19 heavy (non-hydrogen) atoms. The van der Waals surface area contributed by atoms with Gasteiger partial charge in [-0.25, -0.2) is 0 Å². The van der Waals surface area contributed by atoms with Crippen molar-refractivity contribution < 1.29 is 4.57 Å². The third-order valence-electron chi connectivity index (χ3n) is 3.91. The molecule has 0 saturated heterocycles. The van der Waals surface area contributed by atoms with Crippen molar-refractivity contribution in [3.8, 4) is 0 Å². The second kappa shape index (κ2) is 16.2. The van der Waals surface area contributed by atoms with Gasteiger partial charge in [-0.05, 0) is 12.8 Å². The summed E-state index contributed by atoms with van der Waals surface area (Å²) in [7, 11) is 0.372. The Kier molecular flexibility index (Phi) is 16.2. The van der Waals surface area contributed by atoms with Gasteiger partial charge in [-0.15, -0.1) is 0 Å². The van der Waals surface area contributed by atoms with E-state index < -0.39 is 0 Å². The molecule has 1 atom stereocenters. The Hall–Kier alpha value is 0.100. The molecule has 114 valence electrons. The molecule has 0 bridgehead atoms. The van der Waals surface area contributed by atoms with E-state index in [1.165, 1.54) is 70.6 Å². The van der Waals surface area contributed by atoms with E-state index in [2.05, 4.69) is 13.8 Å². The van der Waals surface area contributed by atoms with Crippen molar-refractivity contribution in [3.05, 3.63) is 0 Å². The van der Waals surface area contributed by atoms with Crippen molar-refractivity contribution in [2.75, 3.05) is 0 Å². The first kappa shape index (κ1) is 19.1. The van der Waals surface area contributed by atoms with Crippen LogP contribution in [0.4, 0.5) is 0 Å². The van der Waals surface area contributed by atoms with E-state index in [0.717, 1.165) is 19.3 Å². The lowest BCUT2D eigenvalue weighted by Gasteiger charge is -2.07. The number of hydrogen-bond acceptors (Lipinski definition) is 1. The normalized spacial score (nSPS) is 12.9. The van der Waals surface area contributed by atoms with Crippen molar-refractivity contribution in [2.24, 2.45) is 0 Å². The fourth-order valence-corrected chi connectivity index (χ4v) is 3.28. The molecule has 1 unspecified atom stereocenters. The van der Waals surface area contributed by atoms with Gasteiger partial charge in [0.25, 0.3) is 0 Å².